The van der Waals surface area contributed by atoms with Gasteiger partial charge in [-0.25, -0.2) is 14.5 Å². The Kier molecular flexibility index (Phi) is 3.00. The first kappa shape index (κ1) is 13.3. The zero-order chi connectivity index (χ0) is 15.0. The van der Waals surface area contributed by atoms with Gasteiger partial charge in [0.2, 0.25) is 5.88 Å². The molecule has 0 saturated carbocycles. The number of ether oxygens (including phenoxy) is 1. The van der Waals surface area contributed by atoms with Gasteiger partial charge in [-0.3, -0.25) is 0 Å². The molecule has 3 aromatic heterocycles. The van der Waals surface area contributed by atoms with Gasteiger partial charge < -0.3 is 4.74 Å². The summed E-state index contributed by atoms with van der Waals surface area (Å²) < 4.78 is 44.9. The normalized spacial score (nSPS) is 11.8. The van der Waals surface area contributed by atoms with Gasteiger partial charge in [0.05, 0.1) is 19.0 Å². The molecule has 3 rings (SSSR count). The molecular formula is C13H9F3N4O. The lowest BCUT2D eigenvalue weighted by atomic mass is 10.2. The van der Waals surface area contributed by atoms with Crippen LogP contribution in [-0.4, -0.2) is 26.7 Å². The van der Waals surface area contributed by atoms with Gasteiger partial charge in [-0.15, -0.1) is 0 Å². The molecule has 3 heterocycles. The molecule has 0 unspecified atom stereocenters. The molecule has 0 radical (unpaired) electrons. The molecule has 0 amide bonds. The van der Waals surface area contributed by atoms with Crippen LogP contribution in [0.2, 0.25) is 0 Å². The maximum Gasteiger partial charge on any atom is 0.433 e. The highest BCUT2D eigenvalue weighted by atomic mass is 19.4. The Morgan fingerprint density at radius 2 is 2.00 bits per heavy atom. The molecule has 0 atom stereocenters. The average molecular weight is 294 g/mol. The van der Waals surface area contributed by atoms with Gasteiger partial charge >= 0.3 is 6.18 Å². The van der Waals surface area contributed by atoms with Crippen molar-refractivity contribution in [3.05, 3.63) is 42.4 Å². The Balaban J connectivity index is 2.18. The lowest BCUT2D eigenvalue weighted by molar-refractivity contribution is -0.142. The predicted octanol–water partition coefficient (Wildman–Crippen LogP) is 2.82. The molecule has 0 N–H and O–H groups in total. The zero-order valence-corrected chi connectivity index (χ0v) is 10.8. The standard InChI is InChI=1S/C13H9F3N4O/c1-21-12-3-2-8(7-17-12)9-6-10(13(14,15)16)20-11(19-9)4-5-18-20/h2-7H,1H3. The van der Waals surface area contributed by atoms with Crippen molar-refractivity contribution < 1.29 is 17.9 Å². The first-order valence-electron chi connectivity index (χ1n) is 5.91. The largest absolute Gasteiger partial charge is 0.481 e. The van der Waals surface area contributed by atoms with Crippen molar-refractivity contribution in [3.8, 4) is 17.1 Å². The number of fused-ring (bicyclic) bond motifs is 1. The molecule has 0 aliphatic heterocycles. The van der Waals surface area contributed by atoms with E-state index in [1.54, 1.807) is 12.1 Å². The topological polar surface area (TPSA) is 52.3 Å². The average Bonchev–Trinajstić information content (AvgIpc) is 2.93. The number of halogens is 3. The van der Waals surface area contributed by atoms with E-state index in [1.165, 1.54) is 25.6 Å². The minimum Gasteiger partial charge on any atom is -0.481 e. The van der Waals surface area contributed by atoms with E-state index in [9.17, 15) is 13.2 Å². The van der Waals surface area contributed by atoms with Crippen LogP contribution in [0.3, 0.4) is 0 Å². The Bertz CT molecular complexity index is 780. The smallest absolute Gasteiger partial charge is 0.433 e. The zero-order valence-electron chi connectivity index (χ0n) is 10.8. The predicted molar refractivity (Wildman–Crippen MR) is 67.8 cm³/mol. The highest BCUT2D eigenvalue weighted by Gasteiger charge is 2.35. The minimum atomic E-state index is -4.53. The third-order valence-corrected chi connectivity index (χ3v) is 2.89. The van der Waals surface area contributed by atoms with E-state index >= 15 is 0 Å². The van der Waals surface area contributed by atoms with Crippen molar-refractivity contribution in [1.29, 1.82) is 0 Å². The number of rotatable bonds is 2. The number of nitrogens with zero attached hydrogens (tertiary/aromatic N) is 4. The van der Waals surface area contributed by atoms with Gasteiger partial charge in [-0.2, -0.15) is 18.3 Å². The Hall–Kier alpha value is -2.64. The van der Waals surface area contributed by atoms with E-state index in [1.807, 2.05) is 0 Å². The summed E-state index contributed by atoms with van der Waals surface area (Å²) in [5.41, 5.74) is -0.130. The minimum absolute atomic E-state index is 0.121. The maximum atomic E-state index is 13.1. The van der Waals surface area contributed by atoms with Crippen LogP contribution >= 0.6 is 0 Å². The van der Waals surface area contributed by atoms with Crippen molar-refractivity contribution in [3.63, 3.8) is 0 Å². The lowest BCUT2D eigenvalue weighted by Crippen LogP contribution is -2.13. The quantitative estimate of drug-likeness (QED) is 0.729. The fraction of sp³-hybridized carbons (Fsp3) is 0.154. The molecule has 3 aromatic rings. The second-order valence-corrected chi connectivity index (χ2v) is 4.21. The molecule has 0 spiro atoms. The molecule has 8 heteroatoms. The summed E-state index contributed by atoms with van der Waals surface area (Å²) >= 11 is 0. The number of hydrogen-bond acceptors (Lipinski definition) is 4. The van der Waals surface area contributed by atoms with Crippen LogP contribution in [-0.2, 0) is 6.18 Å². The molecule has 0 aliphatic carbocycles. The fourth-order valence-corrected chi connectivity index (χ4v) is 1.92. The van der Waals surface area contributed by atoms with Gasteiger partial charge in [0, 0.05) is 23.9 Å². The summed E-state index contributed by atoms with van der Waals surface area (Å²) in [5, 5.41) is 3.65. The summed E-state index contributed by atoms with van der Waals surface area (Å²) in [5.74, 6) is 0.375. The molecule has 108 valence electrons. The molecule has 21 heavy (non-hydrogen) atoms. The van der Waals surface area contributed by atoms with E-state index in [0.717, 1.165) is 10.6 Å². The molecule has 0 aromatic carbocycles. The van der Waals surface area contributed by atoms with Crippen LogP contribution in [0.1, 0.15) is 5.69 Å². The van der Waals surface area contributed by atoms with Gasteiger partial charge in [0.15, 0.2) is 11.3 Å². The highest BCUT2D eigenvalue weighted by Crippen LogP contribution is 2.31. The van der Waals surface area contributed by atoms with E-state index in [2.05, 4.69) is 15.1 Å². The number of methoxy groups -OCH3 is 1. The first-order valence-corrected chi connectivity index (χ1v) is 5.91. The van der Waals surface area contributed by atoms with E-state index in [0.29, 0.717) is 11.4 Å². The van der Waals surface area contributed by atoms with Crippen molar-refractivity contribution in [2.75, 3.05) is 7.11 Å². The van der Waals surface area contributed by atoms with E-state index in [-0.39, 0.29) is 11.3 Å². The Labute approximate surface area is 117 Å². The number of hydrogen-bond donors (Lipinski definition) is 0. The van der Waals surface area contributed by atoms with Gasteiger partial charge in [0.1, 0.15) is 0 Å². The monoisotopic (exact) mass is 294 g/mol. The summed E-state index contributed by atoms with van der Waals surface area (Å²) in [6.45, 7) is 0. The fourth-order valence-electron chi connectivity index (χ4n) is 1.92. The van der Waals surface area contributed by atoms with Gasteiger partial charge in [-0.1, -0.05) is 0 Å². The SMILES string of the molecule is COc1ccc(-c2cc(C(F)(F)F)n3nccc3n2)cn1. The summed E-state index contributed by atoms with van der Waals surface area (Å²) in [7, 11) is 1.46. The Morgan fingerprint density at radius 3 is 2.62 bits per heavy atom. The molecule has 5 nitrogen and oxygen atoms in total. The second-order valence-electron chi connectivity index (χ2n) is 4.21. The van der Waals surface area contributed by atoms with Crippen LogP contribution < -0.4 is 4.74 Å². The van der Waals surface area contributed by atoms with Crippen molar-refractivity contribution >= 4 is 5.65 Å². The first-order chi connectivity index (χ1) is 9.99. The number of pyridine rings is 1. The van der Waals surface area contributed by atoms with Gasteiger partial charge in [0.25, 0.3) is 0 Å². The van der Waals surface area contributed by atoms with Gasteiger partial charge in [-0.05, 0) is 12.1 Å². The van der Waals surface area contributed by atoms with Crippen LogP contribution in [0, 0.1) is 0 Å². The number of alkyl halides is 3. The highest BCUT2D eigenvalue weighted by molar-refractivity contribution is 5.62. The molecule has 0 saturated heterocycles. The van der Waals surface area contributed by atoms with Crippen LogP contribution in [0.4, 0.5) is 13.2 Å². The van der Waals surface area contributed by atoms with E-state index in [4.69, 9.17) is 4.74 Å². The summed E-state index contributed by atoms with van der Waals surface area (Å²) in [6.07, 6.45) is -1.84. The maximum absolute atomic E-state index is 13.1. The lowest BCUT2D eigenvalue weighted by Gasteiger charge is -2.11. The Morgan fingerprint density at radius 1 is 1.19 bits per heavy atom. The third kappa shape index (κ3) is 2.39. The molecule has 0 aliphatic rings. The van der Waals surface area contributed by atoms with Crippen molar-refractivity contribution in [1.82, 2.24) is 19.6 Å². The molecule has 0 bridgehead atoms. The molecule has 0 fully saturated rings. The summed E-state index contributed by atoms with van der Waals surface area (Å²) in [6, 6.07) is 5.52. The summed E-state index contributed by atoms with van der Waals surface area (Å²) in [4.78, 5) is 8.12. The van der Waals surface area contributed by atoms with Crippen molar-refractivity contribution in [2.24, 2.45) is 0 Å². The third-order valence-electron chi connectivity index (χ3n) is 2.89. The van der Waals surface area contributed by atoms with Crippen LogP contribution in [0.5, 0.6) is 5.88 Å². The van der Waals surface area contributed by atoms with E-state index < -0.39 is 11.9 Å². The second kappa shape index (κ2) is 4.72. The molecular weight excluding hydrogens is 285 g/mol. The van der Waals surface area contributed by atoms with Crippen molar-refractivity contribution in [2.45, 2.75) is 6.18 Å². The van der Waals surface area contributed by atoms with Crippen LogP contribution in [0.25, 0.3) is 16.9 Å². The van der Waals surface area contributed by atoms with Crippen LogP contribution in [0.15, 0.2) is 36.7 Å². The number of aromatic nitrogens is 4.